The second-order valence-electron chi connectivity index (χ2n) is 4.27. The van der Waals surface area contributed by atoms with Crippen LogP contribution < -0.4 is 9.47 Å². The first kappa shape index (κ1) is 15.4. The lowest BCUT2D eigenvalue weighted by molar-refractivity contribution is 0.398. The molecule has 22 heavy (non-hydrogen) atoms. The highest BCUT2D eigenvalue weighted by atomic mass is 19.1. The van der Waals surface area contributed by atoms with Crippen LogP contribution in [0.4, 0.5) is 8.78 Å². The minimum absolute atomic E-state index is 0.0437. The lowest BCUT2D eigenvalue weighted by Crippen LogP contribution is -1.96. The van der Waals surface area contributed by atoms with Crippen molar-refractivity contribution in [1.29, 1.82) is 5.26 Å². The predicted octanol–water partition coefficient (Wildman–Crippen LogP) is 3.44. The molecule has 0 fully saturated rings. The molecule has 0 radical (unpaired) electrons. The fourth-order valence-corrected chi connectivity index (χ4v) is 1.85. The summed E-state index contributed by atoms with van der Waals surface area (Å²) < 4.78 is 37.7. The monoisotopic (exact) mass is 302 g/mol. The first-order valence-electron chi connectivity index (χ1n) is 6.24. The second kappa shape index (κ2) is 6.68. The Bertz CT molecular complexity index is 727. The Morgan fingerprint density at radius 1 is 1.18 bits per heavy atom. The van der Waals surface area contributed by atoms with Gasteiger partial charge in [0.25, 0.3) is 0 Å². The molecule has 112 valence electrons. The lowest BCUT2D eigenvalue weighted by atomic mass is 10.0. The van der Waals surface area contributed by atoms with Gasteiger partial charge in [0.05, 0.1) is 31.4 Å². The molecular weight excluding hydrogens is 290 g/mol. The maximum atomic E-state index is 14.0. The zero-order valence-corrected chi connectivity index (χ0v) is 11.9. The van der Waals surface area contributed by atoms with Gasteiger partial charge >= 0.3 is 0 Å². The molecule has 2 rings (SSSR count). The van der Waals surface area contributed by atoms with Gasteiger partial charge in [-0.2, -0.15) is 5.26 Å². The Kier molecular flexibility index (Phi) is 4.69. The highest BCUT2D eigenvalue weighted by Gasteiger charge is 2.16. The van der Waals surface area contributed by atoms with E-state index in [-0.39, 0.29) is 11.3 Å². The van der Waals surface area contributed by atoms with Crippen molar-refractivity contribution in [3.63, 3.8) is 0 Å². The molecule has 0 spiro atoms. The fraction of sp³-hybridized carbons (Fsp3) is 0.125. The summed E-state index contributed by atoms with van der Waals surface area (Å²) in [4.78, 5) is 3.97. The van der Waals surface area contributed by atoms with Crippen molar-refractivity contribution < 1.29 is 18.3 Å². The van der Waals surface area contributed by atoms with Crippen molar-refractivity contribution in [2.45, 2.75) is 0 Å². The van der Waals surface area contributed by atoms with Gasteiger partial charge in [0.1, 0.15) is 17.4 Å². The SMILES string of the molecule is COc1cc(F)c(/C(C#N)=C/c2ccc(OC)nc2)c(F)c1. The molecule has 2 aromatic rings. The average molecular weight is 302 g/mol. The molecule has 1 heterocycles. The van der Waals surface area contributed by atoms with Gasteiger partial charge in [0, 0.05) is 24.4 Å². The maximum absolute atomic E-state index is 14.0. The molecule has 0 bridgehead atoms. The molecule has 1 aromatic heterocycles. The molecule has 0 amide bonds. The van der Waals surface area contributed by atoms with Gasteiger partial charge in [-0.15, -0.1) is 0 Å². The van der Waals surface area contributed by atoms with E-state index >= 15 is 0 Å². The molecule has 0 N–H and O–H groups in total. The van der Waals surface area contributed by atoms with E-state index in [9.17, 15) is 14.0 Å². The normalized spacial score (nSPS) is 11.0. The van der Waals surface area contributed by atoms with E-state index in [2.05, 4.69) is 4.98 Å². The summed E-state index contributed by atoms with van der Waals surface area (Å²) in [6, 6.07) is 7.06. The number of hydrogen-bond acceptors (Lipinski definition) is 4. The summed E-state index contributed by atoms with van der Waals surface area (Å²) in [6.45, 7) is 0. The van der Waals surface area contributed by atoms with E-state index in [4.69, 9.17) is 9.47 Å². The zero-order valence-electron chi connectivity index (χ0n) is 11.9. The van der Waals surface area contributed by atoms with Gasteiger partial charge in [0.15, 0.2) is 0 Å². The number of benzene rings is 1. The second-order valence-corrected chi connectivity index (χ2v) is 4.27. The van der Waals surface area contributed by atoms with E-state index in [1.54, 1.807) is 18.2 Å². The van der Waals surface area contributed by atoms with Crippen molar-refractivity contribution in [2.75, 3.05) is 14.2 Å². The van der Waals surface area contributed by atoms with Crippen molar-refractivity contribution >= 4 is 11.6 Å². The first-order chi connectivity index (χ1) is 10.6. The summed E-state index contributed by atoms with van der Waals surface area (Å²) in [5.74, 6) is -1.29. The molecule has 6 heteroatoms. The molecule has 0 aliphatic heterocycles. The van der Waals surface area contributed by atoms with Crippen molar-refractivity contribution in [3.8, 4) is 17.7 Å². The van der Waals surface area contributed by atoms with Gasteiger partial charge < -0.3 is 9.47 Å². The predicted molar refractivity (Wildman–Crippen MR) is 77.2 cm³/mol. The highest BCUT2D eigenvalue weighted by molar-refractivity contribution is 5.90. The molecule has 0 saturated heterocycles. The van der Waals surface area contributed by atoms with Crippen LogP contribution in [0.25, 0.3) is 11.6 Å². The zero-order chi connectivity index (χ0) is 16.1. The number of nitriles is 1. The third-order valence-electron chi connectivity index (χ3n) is 2.92. The molecule has 0 atom stereocenters. The number of nitrogens with zero attached hydrogens (tertiary/aromatic N) is 2. The van der Waals surface area contributed by atoms with Gasteiger partial charge in [-0.3, -0.25) is 0 Å². The van der Waals surface area contributed by atoms with Crippen LogP contribution in [0.2, 0.25) is 0 Å². The fourth-order valence-electron chi connectivity index (χ4n) is 1.85. The number of aromatic nitrogens is 1. The van der Waals surface area contributed by atoms with E-state index in [1.165, 1.54) is 26.5 Å². The Hall–Kier alpha value is -2.94. The summed E-state index contributed by atoms with van der Waals surface area (Å²) >= 11 is 0. The molecule has 0 saturated carbocycles. The van der Waals surface area contributed by atoms with Gasteiger partial charge in [-0.1, -0.05) is 0 Å². The summed E-state index contributed by atoms with van der Waals surface area (Å²) in [7, 11) is 2.78. The standard InChI is InChI=1S/C16H12F2N2O2/c1-21-12-6-13(17)16(14(18)7-12)11(8-19)5-10-3-4-15(22-2)20-9-10/h3-7,9H,1-2H3/b11-5+. The van der Waals surface area contributed by atoms with Crippen molar-refractivity contribution in [3.05, 3.63) is 53.2 Å². The van der Waals surface area contributed by atoms with E-state index < -0.39 is 17.2 Å². The van der Waals surface area contributed by atoms with Crippen LogP contribution in [0.3, 0.4) is 0 Å². The average Bonchev–Trinajstić information content (AvgIpc) is 2.53. The number of methoxy groups -OCH3 is 2. The third-order valence-corrected chi connectivity index (χ3v) is 2.92. The molecule has 0 aliphatic rings. The number of hydrogen-bond donors (Lipinski definition) is 0. The molecular formula is C16H12F2N2O2. The van der Waals surface area contributed by atoms with Crippen LogP contribution in [-0.4, -0.2) is 19.2 Å². The van der Waals surface area contributed by atoms with Crippen LogP contribution in [0.15, 0.2) is 30.5 Å². The Morgan fingerprint density at radius 2 is 1.86 bits per heavy atom. The molecule has 0 unspecified atom stereocenters. The van der Waals surface area contributed by atoms with E-state index in [0.717, 1.165) is 12.1 Å². The topological polar surface area (TPSA) is 55.1 Å². The number of allylic oxidation sites excluding steroid dienone is 1. The first-order valence-corrected chi connectivity index (χ1v) is 6.24. The number of ether oxygens (including phenoxy) is 2. The summed E-state index contributed by atoms with van der Waals surface area (Å²) in [5, 5.41) is 9.19. The van der Waals surface area contributed by atoms with Crippen molar-refractivity contribution in [2.24, 2.45) is 0 Å². The largest absolute Gasteiger partial charge is 0.497 e. The molecule has 4 nitrogen and oxygen atoms in total. The minimum atomic E-state index is -0.869. The minimum Gasteiger partial charge on any atom is -0.497 e. The molecule has 1 aromatic carbocycles. The van der Waals surface area contributed by atoms with Gasteiger partial charge in [-0.05, 0) is 17.7 Å². The summed E-state index contributed by atoms with van der Waals surface area (Å²) in [5.41, 5.74) is -0.0318. The molecule has 0 aliphatic carbocycles. The maximum Gasteiger partial charge on any atom is 0.212 e. The van der Waals surface area contributed by atoms with Crippen LogP contribution in [-0.2, 0) is 0 Å². The number of halogens is 2. The van der Waals surface area contributed by atoms with Crippen molar-refractivity contribution in [1.82, 2.24) is 4.98 Å². The van der Waals surface area contributed by atoms with Gasteiger partial charge in [-0.25, -0.2) is 13.8 Å². The highest BCUT2D eigenvalue weighted by Crippen LogP contribution is 2.27. The Labute approximate surface area is 126 Å². The van der Waals surface area contributed by atoms with Crippen LogP contribution in [0, 0.1) is 23.0 Å². The Morgan fingerprint density at radius 3 is 2.32 bits per heavy atom. The lowest BCUT2D eigenvalue weighted by Gasteiger charge is -2.07. The van der Waals surface area contributed by atoms with Crippen LogP contribution >= 0.6 is 0 Å². The quantitative estimate of drug-likeness (QED) is 0.812. The summed E-state index contributed by atoms with van der Waals surface area (Å²) in [6.07, 6.45) is 2.79. The number of rotatable bonds is 4. The van der Waals surface area contributed by atoms with Gasteiger partial charge in [0.2, 0.25) is 5.88 Å². The third kappa shape index (κ3) is 3.20. The van der Waals surface area contributed by atoms with E-state index in [1.807, 2.05) is 0 Å². The van der Waals surface area contributed by atoms with E-state index in [0.29, 0.717) is 11.4 Å². The van der Waals surface area contributed by atoms with Crippen LogP contribution in [0.5, 0.6) is 11.6 Å². The Balaban J connectivity index is 2.48. The number of pyridine rings is 1. The van der Waals surface area contributed by atoms with Crippen LogP contribution in [0.1, 0.15) is 11.1 Å². The smallest absolute Gasteiger partial charge is 0.212 e.